The minimum atomic E-state index is -0.255. The molecule has 0 fully saturated rings. The van der Waals surface area contributed by atoms with Crippen LogP contribution >= 0.6 is 0 Å². The van der Waals surface area contributed by atoms with Gasteiger partial charge in [0, 0.05) is 14.1 Å². The molecule has 0 aromatic heterocycles. The Morgan fingerprint density at radius 2 is 2.00 bits per heavy atom. The molecule has 3 nitrogen and oxygen atoms in total. The van der Waals surface area contributed by atoms with Gasteiger partial charge in [0.1, 0.15) is 6.10 Å². The Balaban J connectivity index is 3.45. The molecule has 0 aromatic carbocycles. The molecule has 0 rings (SSSR count). The normalized spacial score (nSPS) is 12.3. The van der Waals surface area contributed by atoms with Gasteiger partial charge in [0.25, 0.3) is 0 Å². The molecule has 83 valence electrons. The van der Waals surface area contributed by atoms with Gasteiger partial charge in [-0.15, -0.1) is 0 Å². The van der Waals surface area contributed by atoms with E-state index in [1.165, 1.54) is 11.3 Å². The zero-order chi connectivity index (χ0) is 11.0. The Bertz CT molecular complexity index is 157. The standard InChI is InChI=1S/C11H22NO2/c1-5-6-7-8-9-10(2)14-11(13)12(3)4/h10H,1,5-9H2,2-4H3. The average molecular weight is 200 g/mol. The highest BCUT2D eigenvalue weighted by Gasteiger charge is 2.10. The van der Waals surface area contributed by atoms with Gasteiger partial charge in [0.05, 0.1) is 0 Å². The van der Waals surface area contributed by atoms with Crippen molar-refractivity contribution in [1.82, 2.24) is 4.90 Å². The number of hydrogen-bond donors (Lipinski definition) is 0. The summed E-state index contributed by atoms with van der Waals surface area (Å²) in [7, 11) is 3.38. The molecule has 1 atom stereocenters. The lowest BCUT2D eigenvalue weighted by atomic mass is 10.1. The van der Waals surface area contributed by atoms with Crippen LogP contribution in [0.25, 0.3) is 0 Å². The summed E-state index contributed by atoms with van der Waals surface area (Å²) in [5.74, 6) is 0. The molecule has 0 aliphatic carbocycles. The van der Waals surface area contributed by atoms with Crippen LogP contribution in [0.5, 0.6) is 0 Å². The second-order valence-electron chi connectivity index (χ2n) is 3.79. The lowest BCUT2D eigenvalue weighted by Crippen LogP contribution is -2.26. The molecule has 14 heavy (non-hydrogen) atoms. The molecule has 0 aliphatic rings. The van der Waals surface area contributed by atoms with Crippen molar-refractivity contribution in [2.45, 2.75) is 45.1 Å². The molecule has 0 N–H and O–H groups in total. The van der Waals surface area contributed by atoms with Crippen LogP contribution in [0.1, 0.15) is 39.0 Å². The Morgan fingerprint density at radius 3 is 2.50 bits per heavy atom. The topological polar surface area (TPSA) is 29.5 Å². The van der Waals surface area contributed by atoms with Crippen LogP contribution in [0.3, 0.4) is 0 Å². The summed E-state index contributed by atoms with van der Waals surface area (Å²) in [6, 6.07) is 0. The summed E-state index contributed by atoms with van der Waals surface area (Å²) < 4.78 is 5.16. The lowest BCUT2D eigenvalue weighted by Gasteiger charge is -2.16. The van der Waals surface area contributed by atoms with Crippen LogP contribution < -0.4 is 0 Å². The molecule has 0 spiro atoms. The smallest absolute Gasteiger partial charge is 0.409 e. The molecule has 3 heteroatoms. The van der Waals surface area contributed by atoms with Gasteiger partial charge in [-0.1, -0.05) is 26.2 Å². The van der Waals surface area contributed by atoms with Crippen LogP contribution in [0, 0.1) is 6.92 Å². The summed E-state index contributed by atoms with van der Waals surface area (Å²) in [6.45, 7) is 5.72. The molecule has 1 radical (unpaired) electrons. The van der Waals surface area contributed by atoms with Crippen LogP contribution in [0.4, 0.5) is 4.79 Å². The highest BCUT2D eigenvalue weighted by Crippen LogP contribution is 2.08. The van der Waals surface area contributed by atoms with Crippen LogP contribution in [-0.2, 0) is 4.74 Å². The van der Waals surface area contributed by atoms with E-state index in [1.807, 2.05) is 6.92 Å². The van der Waals surface area contributed by atoms with E-state index in [9.17, 15) is 4.79 Å². The summed E-state index contributed by atoms with van der Waals surface area (Å²) in [5, 5.41) is 0. The van der Waals surface area contributed by atoms with E-state index >= 15 is 0 Å². The number of carbonyl (C=O) groups excluding carboxylic acids is 1. The van der Waals surface area contributed by atoms with Gasteiger partial charge < -0.3 is 9.64 Å². The zero-order valence-corrected chi connectivity index (χ0v) is 9.58. The molecular formula is C11H22NO2. The molecule has 0 saturated carbocycles. The molecule has 1 unspecified atom stereocenters. The Labute approximate surface area is 87.4 Å². The van der Waals surface area contributed by atoms with Gasteiger partial charge in [-0.25, -0.2) is 4.79 Å². The van der Waals surface area contributed by atoms with Crippen molar-refractivity contribution in [3.8, 4) is 0 Å². The molecule has 0 heterocycles. The summed E-state index contributed by atoms with van der Waals surface area (Å²) in [5.41, 5.74) is 0. The van der Waals surface area contributed by atoms with Crippen molar-refractivity contribution in [1.29, 1.82) is 0 Å². The number of carbonyl (C=O) groups is 1. The van der Waals surface area contributed by atoms with E-state index in [-0.39, 0.29) is 12.2 Å². The lowest BCUT2D eigenvalue weighted by molar-refractivity contribution is 0.0776. The summed E-state index contributed by atoms with van der Waals surface area (Å²) in [4.78, 5) is 12.6. The predicted octanol–water partition coefficient (Wildman–Crippen LogP) is 2.86. The molecular weight excluding hydrogens is 178 g/mol. The van der Waals surface area contributed by atoms with E-state index < -0.39 is 0 Å². The quantitative estimate of drug-likeness (QED) is 0.617. The van der Waals surface area contributed by atoms with Gasteiger partial charge >= 0.3 is 6.09 Å². The Morgan fingerprint density at radius 1 is 1.36 bits per heavy atom. The number of hydrogen-bond acceptors (Lipinski definition) is 2. The first-order valence-corrected chi connectivity index (χ1v) is 5.25. The second kappa shape index (κ2) is 7.65. The van der Waals surface area contributed by atoms with E-state index in [4.69, 9.17) is 4.74 Å². The van der Waals surface area contributed by atoms with Crippen molar-refractivity contribution < 1.29 is 9.53 Å². The van der Waals surface area contributed by atoms with E-state index in [0.717, 1.165) is 25.7 Å². The second-order valence-corrected chi connectivity index (χ2v) is 3.79. The van der Waals surface area contributed by atoms with Crippen molar-refractivity contribution in [3.63, 3.8) is 0 Å². The molecule has 0 bridgehead atoms. The first-order valence-electron chi connectivity index (χ1n) is 5.25. The largest absolute Gasteiger partial charge is 0.446 e. The summed E-state index contributed by atoms with van der Waals surface area (Å²) in [6.07, 6.45) is 5.15. The van der Waals surface area contributed by atoms with Crippen molar-refractivity contribution >= 4 is 6.09 Å². The minimum Gasteiger partial charge on any atom is -0.446 e. The fraction of sp³-hybridized carbons (Fsp3) is 0.818. The number of rotatable bonds is 6. The average Bonchev–Trinajstić information content (AvgIpc) is 2.12. The predicted molar refractivity (Wildman–Crippen MR) is 58.1 cm³/mol. The molecule has 0 aromatic rings. The maximum Gasteiger partial charge on any atom is 0.409 e. The monoisotopic (exact) mass is 200 g/mol. The van der Waals surface area contributed by atoms with Gasteiger partial charge in [-0.2, -0.15) is 0 Å². The fourth-order valence-corrected chi connectivity index (χ4v) is 1.12. The number of ether oxygens (including phenoxy) is 1. The van der Waals surface area contributed by atoms with Crippen LogP contribution in [0.2, 0.25) is 0 Å². The van der Waals surface area contributed by atoms with Crippen molar-refractivity contribution in [2.75, 3.05) is 14.1 Å². The van der Waals surface area contributed by atoms with E-state index in [2.05, 4.69) is 6.92 Å². The maximum absolute atomic E-state index is 11.1. The Hall–Kier alpha value is -0.730. The van der Waals surface area contributed by atoms with E-state index in [1.54, 1.807) is 14.1 Å². The molecule has 1 amide bonds. The third kappa shape index (κ3) is 6.75. The van der Waals surface area contributed by atoms with Gasteiger partial charge in [-0.05, 0) is 19.8 Å². The van der Waals surface area contributed by atoms with Crippen molar-refractivity contribution in [3.05, 3.63) is 6.92 Å². The fourth-order valence-electron chi connectivity index (χ4n) is 1.12. The van der Waals surface area contributed by atoms with Gasteiger partial charge in [0.15, 0.2) is 0 Å². The van der Waals surface area contributed by atoms with E-state index in [0.29, 0.717) is 0 Å². The SMILES string of the molecule is [CH2]CCCCCC(C)OC(=O)N(C)C. The highest BCUT2D eigenvalue weighted by molar-refractivity contribution is 5.66. The maximum atomic E-state index is 11.1. The Kier molecular flexibility index (Phi) is 7.25. The van der Waals surface area contributed by atoms with Crippen molar-refractivity contribution in [2.24, 2.45) is 0 Å². The van der Waals surface area contributed by atoms with Crippen LogP contribution in [0.15, 0.2) is 0 Å². The molecule has 0 aliphatic heterocycles. The minimum absolute atomic E-state index is 0.0229. The van der Waals surface area contributed by atoms with Gasteiger partial charge in [-0.3, -0.25) is 0 Å². The third-order valence-corrected chi connectivity index (χ3v) is 2.03. The first kappa shape index (κ1) is 13.3. The summed E-state index contributed by atoms with van der Waals surface area (Å²) >= 11 is 0. The highest BCUT2D eigenvalue weighted by atomic mass is 16.6. The van der Waals surface area contributed by atoms with Crippen LogP contribution in [-0.4, -0.2) is 31.2 Å². The zero-order valence-electron chi connectivity index (χ0n) is 9.58. The van der Waals surface area contributed by atoms with Gasteiger partial charge in [0.2, 0.25) is 0 Å². The molecule has 0 saturated heterocycles. The number of unbranched alkanes of at least 4 members (excludes halogenated alkanes) is 3. The number of amides is 1. The number of nitrogens with zero attached hydrogens (tertiary/aromatic N) is 1. The third-order valence-electron chi connectivity index (χ3n) is 2.03. The first-order chi connectivity index (χ1) is 6.57.